The van der Waals surface area contributed by atoms with Crippen LogP contribution in [0.2, 0.25) is 0 Å². The molecule has 176 valence electrons. The van der Waals surface area contributed by atoms with Gasteiger partial charge in [0.2, 0.25) is 15.9 Å². The Hall–Kier alpha value is -2.59. The molecular weight excluding hydrogens is 434 g/mol. The van der Waals surface area contributed by atoms with Crippen LogP contribution in [-0.2, 0) is 14.8 Å². The number of nitrogens with zero attached hydrogens (tertiary/aromatic N) is 2. The molecule has 1 aromatic carbocycles. The zero-order chi connectivity index (χ0) is 23.6. The molecule has 0 radical (unpaired) electrons. The number of rotatable bonds is 7. The molecule has 1 fully saturated rings. The maximum Gasteiger partial charge on any atom is 0.248 e. The number of hydrogen-bond donors (Lipinski definition) is 1. The standard InChI is InChI=1S/C22H31N3O6S/c1-13-10-19(29-5)20(30-6)11-18(13)14(2)23-22(26)17-8-7-9-25(12-17)32(27,28)21-15(3)24-31-16(21)4/h10-11,14,17H,7-9,12H2,1-6H3,(H,23,26). The summed E-state index contributed by atoms with van der Waals surface area (Å²) in [4.78, 5) is 13.1. The molecule has 10 heteroatoms. The molecule has 1 amide bonds. The molecule has 2 unspecified atom stereocenters. The molecule has 1 N–H and O–H groups in total. The van der Waals surface area contributed by atoms with Gasteiger partial charge in [0.25, 0.3) is 0 Å². The van der Waals surface area contributed by atoms with Gasteiger partial charge in [0.05, 0.1) is 26.2 Å². The van der Waals surface area contributed by atoms with E-state index in [0.717, 1.165) is 11.1 Å². The molecule has 0 saturated carbocycles. The van der Waals surface area contributed by atoms with Gasteiger partial charge >= 0.3 is 0 Å². The number of aryl methyl sites for hydroxylation is 3. The largest absolute Gasteiger partial charge is 0.493 e. The number of carbonyl (C=O) groups is 1. The van der Waals surface area contributed by atoms with Crippen molar-refractivity contribution in [2.24, 2.45) is 5.92 Å². The predicted molar refractivity (Wildman–Crippen MR) is 118 cm³/mol. The number of piperidine rings is 1. The lowest BCUT2D eigenvalue weighted by atomic mass is 9.96. The summed E-state index contributed by atoms with van der Waals surface area (Å²) < 4.78 is 43.4. The van der Waals surface area contributed by atoms with Crippen LogP contribution in [0.25, 0.3) is 0 Å². The third kappa shape index (κ3) is 4.61. The van der Waals surface area contributed by atoms with E-state index >= 15 is 0 Å². The first kappa shape index (κ1) is 24.1. The van der Waals surface area contributed by atoms with Crippen molar-refractivity contribution in [1.29, 1.82) is 0 Å². The first-order valence-electron chi connectivity index (χ1n) is 10.6. The van der Waals surface area contributed by atoms with Crippen molar-refractivity contribution in [3.8, 4) is 11.5 Å². The minimum Gasteiger partial charge on any atom is -0.493 e. The van der Waals surface area contributed by atoms with E-state index < -0.39 is 15.9 Å². The Balaban J connectivity index is 1.75. The van der Waals surface area contributed by atoms with E-state index in [1.807, 2.05) is 26.0 Å². The Kier molecular flexibility index (Phi) is 7.14. The number of ether oxygens (including phenoxy) is 2. The highest BCUT2D eigenvalue weighted by Crippen LogP contribution is 2.33. The first-order valence-corrected chi connectivity index (χ1v) is 12.0. The summed E-state index contributed by atoms with van der Waals surface area (Å²) in [5, 5.41) is 6.80. The monoisotopic (exact) mass is 465 g/mol. The minimum atomic E-state index is -3.78. The van der Waals surface area contributed by atoms with Gasteiger partial charge in [-0.25, -0.2) is 8.42 Å². The number of nitrogens with one attached hydrogen (secondary N) is 1. The Bertz CT molecular complexity index is 1080. The molecule has 0 aliphatic carbocycles. The van der Waals surface area contributed by atoms with Crippen LogP contribution < -0.4 is 14.8 Å². The zero-order valence-corrected chi connectivity index (χ0v) is 20.2. The van der Waals surface area contributed by atoms with Crippen molar-refractivity contribution >= 4 is 15.9 Å². The molecule has 2 atom stereocenters. The minimum absolute atomic E-state index is 0.0906. The summed E-state index contributed by atoms with van der Waals surface area (Å²) >= 11 is 0. The lowest BCUT2D eigenvalue weighted by Gasteiger charge is -2.32. The van der Waals surface area contributed by atoms with E-state index in [1.165, 1.54) is 4.31 Å². The van der Waals surface area contributed by atoms with Crippen LogP contribution in [0.1, 0.15) is 48.4 Å². The van der Waals surface area contributed by atoms with E-state index in [1.54, 1.807) is 28.1 Å². The number of methoxy groups -OCH3 is 2. The van der Waals surface area contributed by atoms with E-state index in [9.17, 15) is 13.2 Å². The smallest absolute Gasteiger partial charge is 0.248 e. The number of hydrogen-bond acceptors (Lipinski definition) is 7. The quantitative estimate of drug-likeness (QED) is 0.669. The lowest BCUT2D eigenvalue weighted by Crippen LogP contribution is -2.46. The summed E-state index contributed by atoms with van der Waals surface area (Å²) in [6, 6.07) is 3.45. The average molecular weight is 466 g/mol. The van der Waals surface area contributed by atoms with Crippen LogP contribution in [0.3, 0.4) is 0 Å². The average Bonchev–Trinajstić information content (AvgIpc) is 3.11. The second kappa shape index (κ2) is 9.50. The third-order valence-corrected chi connectivity index (χ3v) is 8.03. The maximum absolute atomic E-state index is 13.1. The Labute approximate surface area is 189 Å². The summed E-state index contributed by atoms with van der Waals surface area (Å²) in [6.45, 7) is 7.50. The van der Waals surface area contributed by atoms with Crippen LogP contribution in [0.5, 0.6) is 11.5 Å². The van der Waals surface area contributed by atoms with E-state index in [4.69, 9.17) is 14.0 Å². The fraction of sp³-hybridized carbons (Fsp3) is 0.545. The molecule has 1 aromatic heterocycles. The molecule has 0 spiro atoms. The first-order chi connectivity index (χ1) is 15.1. The fourth-order valence-electron chi connectivity index (χ4n) is 4.22. The molecule has 1 saturated heterocycles. The lowest BCUT2D eigenvalue weighted by molar-refractivity contribution is -0.126. The molecule has 32 heavy (non-hydrogen) atoms. The van der Waals surface area contributed by atoms with Gasteiger partial charge in [-0.05, 0) is 63.8 Å². The van der Waals surface area contributed by atoms with Crippen LogP contribution in [-0.4, -0.2) is 51.1 Å². The number of amides is 1. The van der Waals surface area contributed by atoms with Crippen LogP contribution in [0.4, 0.5) is 0 Å². The Morgan fingerprint density at radius 2 is 1.88 bits per heavy atom. The highest BCUT2D eigenvalue weighted by molar-refractivity contribution is 7.89. The molecule has 2 aromatic rings. The Morgan fingerprint density at radius 3 is 2.47 bits per heavy atom. The van der Waals surface area contributed by atoms with Crippen molar-refractivity contribution in [3.63, 3.8) is 0 Å². The van der Waals surface area contributed by atoms with Crippen LogP contribution >= 0.6 is 0 Å². The van der Waals surface area contributed by atoms with Gasteiger partial charge in [0.1, 0.15) is 10.6 Å². The molecule has 9 nitrogen and oxygen atoms in total. The fourth-order valence-corrected chi connectivity index (χ4v) is 6.03. The van der Waals surface area contributed by atoms with Gasteiger partial charge in [-0.3, -0.25) is 4.79 Å². The van der Waals surface area contributed by atoms with Gasteiger partial charge in [-0.2, -0.15) is 4.31 Å². The topological polar surface area (TPSA) is 111 Å². The number of benzene rings is 1. The third-order valence-electron chi connectivity index (χ3n) is 5.92. The molecular formula is C22H31N3O6S. The SMILES string of the molecule is COc1cc(C)c(C(C)NC(=O)C2CCCN(S(=O)(=O)c3c(C)noc3C)C2)cc1OC. The van der Waals surface area contributed by atoms with Gasteiger partial charge in [-0.15, -0.1) is 0 Å². The van der Waals surface area contributed by atoms with Gasteiger partial charge in [0.15, 0.2) is 17.3 Å². The summed E-state index contributed by atoms with van der Waals surface area (Å²) in [5.74, 6) is 0.849. The Morgan fingerprint density at radius 1 is 1.22 bits per heavy atom. The molecule has 2 heterocycles. The van der Waals surface area contributed by atoms with Crippen molar-refractivity contribution in [3.05, 3.63) is 34.7 Å². The van der Waals surface area contributed by atoms with Crippen molar-refractivity contribution in [1.82, 2.24) is 14.8 Å². The van der Waals surface area contributed by atoms with Crippen molar-refractivity contribution in [2.75, 3.05) is 27.3 Å². The number of aromatic nitrogens is 1. The van der Waals surface area contributed by atoms with Gasteiger partial charge in [-0.1, -0.05) is 5.16 Å². The van der Waals surface area contributed by atoms with Crippen LogP contribution in [0.15, 0.2) is 21.6 Å². The van der Waals surface area contributed by atoms with Crippen LogP contribution in [0, 0.1) is 26.7 Å². The molecule has 0 bridgehead atoms. The van der Waals surface area contributed by atoms with Gasteiger partial charge < -0.3 is 19.3 Å². The maximum atomic E-state index is 13.1. The second-order valence-electron chi connectivity index (χ2n) is 8.15. The predicted octanol–water partition coefficient (Wildman–Crippen LogP) is 2.90. The van der Waals surface area contributed by atoms with E-state index in [-0.39, 0.29) is 29.1 Å². The number of sulfonamides is 1. The summed E-state index contributed by atoms with van der Waals surface area (Å²) in [5.41, 5.74) is 2.19. The van der Waals surface area contributed by atoms with Crippen molar-refractivity contribution < 1.29 is 27.2 Å². The summed E-state index contributed by atoms with van der Waals surface area (Å²) in [6.07, 6.45) is 1.22. The molecule has 1 aliphatic heterocycles. The van der Waals surface area contributed by atoms with Crippen molar-refractivity contribution in [2.45, 2.75) is 51.5 Å². The summed E-state index contributed by atoms with van der Waals surface area (Å²) in [7, 11) is -0.641. The van der Waals surface area contributed by atoms with E-state index in [2.05, 4.69) is 10.5 Å². The zero-order valence-electron chi connectivity index (χ0n) is 19.4. The molecule has 1 aliphatic rings. The molecule has 3 rings (SSSR count). The normalized spacial score (nSPS) is 18.2. The van der Waals surface area contributed by atoms with Gasteiger partial charge in [0, 0.05) is 13.1 Å². The number of carbonyl (C=O) groups excluding carboxylic acids is 1. The van der Waals surface area contributed by atoms with E-state index in [0.29, 0.717) is 36.6 Å². The highest BCUT2D eigenvalue weighted by Gasteiger charge is 2.36. The highest BCUT2D eigenvalue weighted by atomic mass is 32.2. The second-order valence-corrected chi connectivity index (χ2v) is 10.0.